The zero-order chi connectivity index (χ0) is 9.84. The van der Waals surface area contributed by atoms with Crippen LogP contribution in [-0.4, -0.2) is 11.5 Å². The fourth-order valence-electron chi connectivity index (χ4n) is 0.793. The highest BCUT2D eigenvalue weighted by Crippen LogP contribution is 2.20. The van der Waals surface area contributed by atoms with Gasteiger partial charge in [0.05, 0.1) is 5.69 Å². The van der Waals surface area contributed by atoms with Gasteiger partial charge in [0.2, 0.25) is 0 Å². The lowest BCUT2D eigenvalue weighted by Crippen LogP contribution is -2.04. The van der Waals surface area contributed by atoms with Crippen LogP contribution < -0.4 is 5.32 Å². The van der Waals surface area contributed by atoms with Gasteiger partial charge in [-0.3, -0.25) is 0 Å². The third kappa shape index (κ3) is 3.64. The molecule has 0 aliphatic rings. The molecule has 0 unspecified atom stereocenters. The Morgan fingerprint density at radius 1 is 1.77 bits per heavy atom. The van der Waals surface area contributed by atoms with E-state index in [1.807, 2.05) is 13.0 Å². The first kappa shape index (κ1) is 11.0. The zero-order valence-electron chi connectivity index (χ0n) is 7.27. The van der Waals surface area contributed by atoms with Crippen LogP contribution in [0.5, 0.6) is 0 Å². The summed E-state index contributed by atoms with van der Waals surface area (Å²) >= 11 is 5.57. The molecule has 4 heteroatoms. The number of hydrogen-bond donors (Lipinski definition) is 1. The first-order valence-corrected chi connectivity index (χ1v) is 5.66. The molecule has 0 saturated heterocycles. The Morgan fingerprint density at radius 2 is 2.46 bits per heavy atom. The second kappa shape index (κ2) is 4.95. The number of pyridine rings is 1. The molecule has 70 valence electrons. The predicted octanol–water partition coefficient (Wildman–Crippen LogP) is 3.44. The Balaban J connectivity index is 2.75. The zero-order valence-corrected chi connectivity index (χ0v) is 11.0. The van der Waals surface area contributed by atoms with Crippen LogP contribution in [0.25, 0.3) is 0 Å². The summed E-state index contributed by atoms with van der Waals surface area (Å²) in [6.45, 7) is 6.60. The Hall–Kier alpha value is -0.100. The lowest BCUT2D eigenvalue weighted by Gasteiger charge is -2.07. The predicted molar refractivity (Wildman–Crippen MR) is 68.0 cm³/mol. The minimum Gasteiger partial charge on any atom is -0.379 e. The lowest BCUT2D eigenvalue weighted by molar-refractivity contribution is 1.17. The number of hydrogen-bond acceptors (Lipinski definition) is 2. The molecule has 0 aromatic carbocycles. The average Bonchev–Trinajstić information content (AvgIpc) is 2.06. The Bertz CT molecular complexity index is 325. The Kier molecular flexibility index (Phi) is 4.18. The molecule has 0 aliphatic heterocycles. The van der Waals surface area contributed by atoms with Crippen LogP contribution >= 0.6 is 38.5 Å². The van der Waals surface area contributed by atoms with Crippen LogP contribution in [0, 0.1) is 3.70 Å². The smallest absolute Gasteiger partial charge is 0.124 e. The molecule has 0 fully saturated rings. The number of nitrogens with zero attached hydrogens (tertiary/aromatic N) is 1. The van der Waals surface area contributed by atoms with E-state index in [0.717, 1.165) is 26.0 Å². The first-order chi connectivity index (χ1) is 6.09. The van der Waals surface area contributed by atoms with Gasteiger partial charge in [-0.05, 0) is 51.5 Å². The third-order valence-electron chi connectivity index (χ3n) is 1.39. The van der Waals surface area contributed by atoms with Gasteiger partial charge in [-0.25, -0.2) is 4.98 Å². The van der Waals surface area contributed by atoms with Gasteiger partial charge < -0.3 is 5.32 Å². The fraction of sp³-hybridized carbons (Fsp3) is 0.222. The van der Waals surface area contributed by atoms with Crippen LogP contribution in [0.15, 0.2) is 28.9 Å². The molecular weight excluding hydrogens is 343 g/mol. The van der Waals surface area contributed by atoms with Crippen LogP contribution in [0.1, 0.15) is 6.92 Å². The molecule has 0 spiro atoms. The highest BCUT2D eigenvalue weighted by molar-refractivity contribution is 14.1. The normalized spacial score (nSPS) is 9.77. The van der Waals surface area contributed by atoms with E-state index in [1.165, 1.54) is 0 Å². The van der Waals surface area contributed by atoms with E-state index in [4.69, 9.17) is 0 Å². The van der Waals surface area contributed by atoms with Crippen molar-refractivity contribution in [1.82, 2.24) is 4.98 Å². The molecular formula is C9H10BrIN2. The molecule has 1 heterocycles. The maximum atomic E-state index is 4.20. The van der Waals surface area contributed by atoms with E-state index in [-0.39, 0.29) is 0 Å². The molecule has 1 rings (SSSR count). The molecule has 1 aromatic rings. The van der Waals surface area contributed by atoms with Crippen molar-refractivity contribution in [3.63, 3.8) is 0 Å². The summed E-state index contributed by atoms with van der Waals surface area (Å²) < 4.78 is 1.96. The lowest BCUT2D eigenvalue weighted by atomic mass is 10.3. The molecule has 0 bridgehead atoms. The van der Waals surface area contributed by atoms with Gasteiger partial charge in [-0.1, -0.05) is 12.2 Å². The first-order valence-electron chi connectivity index (χ1n) is 3.79. The van der Waals surface area contributed by atoms with Gasteiger partial charge >= 0.3 is 0 Å². The summed E-state index contributed by atoms with van der Waals surface area (Å²) in [5.41, 5.74) is 2.15. The van der Waals surface area contributed by atoms with Gasteiger partial charge in [0, 0.05) is 17.2 Å². The Morgan fingerprint density at radius 3 is 3.08 bits per heavy atom. The Labute approximate surface area is 100 Å². The van der Waals surface area contributed by atoms with Crippen LogP contribution in [-0.2, 0) is 0 Å². The second-order valence-electron chi connectivity index (χ2n) is 2.80. The van der Waals surface area contributed by atoms with Gasteiger partial charge in [-0.15, -0.1) is 0 Å². The SMILES string of the molecule is C=C(C)CNc1cc(Br)cnc1I. The van der Waals surface area contributed by atoms with Gasteiger partial charge in [0.25, 0.3) is 0 Å². The molecule has 0 saturated carbocycles. The van der Waals surface area contributed by atoms with Crippen molar-refractivity contribution in [2.45, 2.75) is 6.92 Å². The molecule has 1 aromatic heterocycles. The second-order valence-corrected chi connectivity index (χ2v) is 4.74. The van der Waals surface area contributed by atoms with Crippen molar-refractivity contribution in [3.8, 4) is 0 Å². The standard InChI is InChI=1S/C9H10BrIN2/c1-6(2)4-12-8-3-7(10)5-13-9(8)11/h3,5,12H,1,4H2,2H3. The maximum Gasteiger partial charge on any atom is 0.124 e. The number of anilines is 1. The largest absolute Gasteiger partial charge is 0.379 e. The monoisotopic (exact) mass is 352 g/mol. The number of halogens is 2. The summed E-state index contributed by atoms with van der Waals surface area (Å²) in [5, 5.41) is 3.25. The third-order valence-corrected chi connectivity index (χ3v) is 2.68. The topological polar surface area (TPSA) is 24.9 Å². The quantitative estimate of drug-likeness (QED) is 0.512. The highest BCUT2D eigenvalue weighted by atomic mass is 127. The molecule has 13 heavy (non-hydrogen) atoms. The van der Waals surface area contributed by atoms with E-state index in [1.54, 1.807) is 6.20 Å². The summed E-state index contributed by atoms with van der Waals surface area (Å²) in [4.78, 5) is 4.20. The van der Waals surface area contributed by atoms with E-state index in [9.17, 15) is 0 Å². The van der Waals surface area contributed by atoms with Gasteiger partial charge in [0.1, 0.15) is 3.70 Å². The fourth-order valence-corrected chi connectivity index (χ4v) is 1.61. The van der Waals surface area contributed by atoms with Crippen LogP contribution in [0.2, 0.25) is 0 Å². The van der Waals surface area contributed by atoms with Crippen molar-refractivity contribution in [2.75, 3.05) is 11.9 Å². The molecule has 0 aliphatic carbocycles. The minimum atomic E-state index is 0.786. The summed E-state index contributed by atoms with van der Waals surface area (Å²) in [6.07, 6.45) is 1.79. The molecule has 1 N–H and O–H groups in total. The van der Waals surface area contributed by atoms with Gasteiger partial charge in [-0.2, -0.15) is 0 Å². The number of nitrogens with one attached hydrogen (secondary N) is 1. The summed E-state index contributed by atoms with van der Waals surface area (Å²) in [5.74, 6) is 0. The van der Waals surface area contributed by atoms with Crippen molar-refractivity contribution in [1.29, 1.82) is 0 Å². The van der Waals surface area contributed by atoms with Crippen LogP contribution in [0.3, 0.4) is 0 Å². The summed E-state index contributed by atoms with van der Waals surface area (Å²) in [7, 11) is 0. The van der Waals surface area contributed by atoms with Crippen molar-refractivity contribution < 1.29 is 0 Å². The van der Waals surface area contributed by atoms with Crippen molar-refractivity contribution >= 4 is 44.2 Å². The van der Waals surface area contributed by atoms with E-state index >= 15 is 0 Å². The minimum absolute atomic E-state index is 0.786. The van der Waals surface area contributed by atoms with Gasteiger partial charge in [0.15, 0.2) is 0 Å². The van der Waals surface area contributed by atoms with Crippen LogP contribution in [0.4, 0.5) is 5.69 Å². The number of rotatable bonds is 3. The molecule has 0 amide bonds. The maximum absolute atomic E-state index is 4.20. The summed E-state index contributed by atoms with van der Waals surface area (Å²) in [6, 6.07) is 2.01. The highest BCUT2D eigenvalue weighted by Gasteiger charge is 2.00. The number of aromatic nitrogens is 1. The van der Waals surface area contributed by atoms with Crippen molar-refractivity contribution in [3.05, 3.63) is 32.6 Å². The molecule has 2 nitrogen and oxygen atoms in total. The van der Waals surface area contributed by atoms with E-state index in [0.29, 0.717) is 0 Å². The van der Waals surface area contributed by atoms with E-state index in [2.05, 4.69) is 55.4 Å². The molecule has 0 radical (unpaired) electrons. The average molecular weight is 353 g/mol. The van der Waals surface area contributed by atoms with E-state index < -0.39 is 0 Å². The molecule has 0 atom stereocenters. The van der Waals surface area contributed by atoms with Crippen molar-refractivity contribution in [2.24, 2.45) is 0 Å².